The van der Waals surface area contributed by atoms with Gasteiger partial charge in [-0.3, -0.25) is 0 Å². The lowest BCUT2D eigenvalue weighted by atomic mass is 10.3. The van der Waals surface area contributed by atoms with Gasteiger partial charge in [0.25, 0.3) is 0 Å². The smallest absolute Gasteiger partial charge is 0.157 e. The van der Waals surface area contributed by atoms with Crippen molar-refractivity contribution in [3.8, 4) is 0 Å². The van der Waals surface area contributed by atoms with Crippen LogP contribution in [0.15, 0.2) is 0 Å². The van der Waals surface area contributed by atoms with Gasteiger partial charge in [-0.2, -0.15) is 7.05 Å². The van der Waals surface area contributed by atoms with E-state index in [4.69, 9.17) is 0 Å². The van der Waals surface area contributed by atoms with Gasteiger partial charge in [0, 0.05) is 7.05 Å². The Hall–Kier alpha value is -0.110. The Kier molecular flexibility index (Phi) is 1.27. The van der Waals surface area contributed by atoms with Gasteiger partial charge < -0.3 is 4.90 Å². The maximum absolute atomic E-state index is 12.7. The van der Waals surface area contributed by atoms with Gasteiger partial charge in [0.05, 0.1) is 6.54 Å². The van der Waals surface area contributed by atoms with E-state index in [0.29, 0.717) is 6.54 Å². The fourth-order valence-electron chi connectivity index (χ4n) is 0.853. The highest BCUT2D eigenvalue weighted by Gasteiger charge is 2.44. The molecule has 48 valence electrons. The van der Waals surface area contributed by atoms with Crippen LogP contribution in [0.1, 0.15) is 12.8 Å². The third-order valence-electron chi connectivity index (χ3n) is 1.41. The van der Waals surface area contributed by atoms with Crippen LogP contribution in [-0.4, -0.2) is 19.3 Å². The summed E-state index contributed by atoms with van der Waals surface area (Å²) in [6, 6.07) is 0. The first-order valence-electron chi connectivity index (χ1n) is 2.96. The molecule has 1 fully saturated rings. The maximum atomic E-state index is 12.7. The van der Waals surface area contributed by atoms with Crippen molar-refractivity contribution in [2.75, 3.05) is 13.6 Å². The van der Waals surface area contributed by atoms with Crippen LogP contribution in [0.4, 0.5) is 4.39 Å². The molecule has 1 aliphatic rings. The molecule has 0 radical (unpaired) electrons. The minimum atomic E-state index is -0.828. The van der Waals surface area contributed by atoms with E-state index in [0.717, 1.165) is 17.7 Å². The number of hydrogen-bond acceptors (Lipinski definition) is 0. The number of quaternary nitrogens is 1. The van der Waals surface area contributed by atoms with Gasteiger partial charge in [-0.1, -0.05) is 0 Å². The van der Waals surface area contributed by atoms with E-state index in [2.05, 4.69) is 7.05 Å². The summed E-state index contributed by atoms with van der Waals surface area (Å²) < 4.78 is 12.7. The zero-order chi connectivity index (χ0) is 6.20. The highest BCUT2D eigenvalue weighted by atomic mass is 19.1. The molecule has 1 unspecified atom stereocenters. The molecule has 0 aromatic heterocycles. The van der Waals surface area contributed by atoms with Crippen LogP contribution >= 0.6 is 0 Å². The molecule has 0 aromatic rings. The van der Waals surface area contributed by atoms with Crippen LogP contribution < -0.4 is 4.90 Å². The van der Waals surface area contributed by atoms with Gasteiger partial charge in [0.1, 0.15) is 0 Å². The summed E-state index contributed by atoms with van der Waals surface area (Å²) in [4.78, 5) is 0.963. The van der Waals surface area contributed by atoms with E-state index >= 15 is 0 Å². The normalized spacial score (nSPS) is 27.4. The van der Waals surface area contributed by atoms with Gasteiger partial charge in [-0.15, -0.1) is 0 Å². The second kappa shape index (κ2) is 1.69. The first kappa shape index (κ1) is 6.02. The summed E-state index contributed by atoms with van der Waals surface area (Å²) in [5.41, 5.74) is -0.828. The Labute approximate surface area is 49.5 Å². The van der Waals surface area contributed by atoms with Crippen LogP contribution in [-0.2, 0) is 0 Å². The first-order valence-corrected chi connectivity index (χ1v) is 2.96. The topological polar surface area (TPSA) is 4.44 Å². The van der Waals surface area contributed by atoms with Gasteiger partial charge in [-0.05, 0) is 12.8 Å². The quantitative estimate of drug-likeness (QED) is 0.477. The van der Waals surface area contributed by atoms with E-state index in [1.54, 1.807) is 0 Å². The number of hydrogen-bond donors (Lipinski definition) is 1. The molecule has 2 heteroatoms. The van der Waals surface area contributed by atoms with E-state index in [9.17, 15) is 4.39 Å². The fourth-order valence-corrected chi connectivity index (χ4v) is 0.853. The Morgan fingerprint density at radius 2 is 2.25 bits per heavy atom. The molecule has 0 aromatic carbocycles. The standard InChI is InChI=1S/C6H12FN/c1-8(2)5-6(7)3-4-6/h8H,1,3-5H2,2H3. The largest absolute Gasteiger partial charge is 0.468 e. The SMILES string of the molecule is [CH2-][NH+](C)CC1(F)CC1. The predicted octanol–water partition coefficient (Wildman–Crippen LogP) is -0.205. The highest BCUT2D eigenvalue weighted by molar-refractivity contribution is 4.93. The monoisotopic (exact) mass is 117 g/mol. The molecule has 0 bridgehead atoms. The Morgan fingerprint density at radius 3 is 2.38 bits per heavy atom. The molecule has 0 amide bonds. The van der Waals surface area contributed by atoms with Gasteiger partial charge in [0.15, 0.2) is 5.67 Å². The summed E-state index contributed by atoms with van der Waals surface area (Å²) in [5, 5.41) is 0. The Morgan fingerprint density at radius 1 is 1.75 bits per heavy atom. The van der Waals surface area contributed by atoms with Crippen molar-refractivity contribution in [1.29, 1.82) is 0 Å². The molecule has 0 heterocycles. The molecular formula is C6H12FN. The van der Waals surface area contributed by atoms with Crippen LogP contribution in [0, 0.1) is 7.05 Å². The van der Waals surface area contributed by atoms with Crippen LogP contribution in [0.5, 0.6) is 0 Å². The minimum Gasteiger partial charge on any atom is -0.468 e. The van der Waals surface area contributed by atoms with Crippen molar-refractivity contribution in [3.63, 3.8) is 0 Å². The molecule has 1 atom stereocenters. The van der Waals surface area contributed by atoms with Crippen LogP contribution in [0.25, 0.3) is 0 Å². The molecule has 1 rings (SSSR count). The third kappa shape index (κ3) is 1.44. The van der Waals surface area contributed by atoms with Gasteiger partial charge in [0.2, 0.25) is 0 Å². The summed E-state index contributed by atoms with van der Waals surface area (Å²) in [5.74, 6) is 0. The van der Waals surface area contributed by atoms with E-state index < -0.39 is 5.67 Å². The Bertz CT molecular complexity index is 86.5. The molecule has 1 saturated carbocycles. The zero-order valence-electron chi connectivity index (χ0n) is 5.21. The third-order valence-corrected chi connectivity index (χ3v) is 1.41. The molecule has 1 N–H and O–H groups in total. The lowest BCUT2D eigenvalue weighted by Gasteiger charge is -2.15. The van der Waals surface area contributed by atoms with Gasteiger partial charge in [-0.25, -0.2) is 4.39 Å². The first-order chi connectivity index (χ1) is 3.62. The van der Waals surface area contributed by atoms with Crippen molar-refractivity contribution in [1.82, 2.24) is 0 Å². The van der Waals surface area contributed by atoms with Gasteiger partial charge >= 0.3 is 0 Å². The highest BCUT2D eigenvalue weighted by Crippen LogP contribution is 2.37. The average Bonchev–Trinajstić information content (AvgIpc) is 2.17. The van der Waals surface area contributed by atoms with Crippen LogP contribution in [0.2, 0.25) is 0 Å². The van der Waals surface area contributed by atoms with E-state index in [1.165, 1.54) is 0 Å². The average molecular weight is 117 g/mol. The van der Waals surface area contributed by atoms with Crippen molar-refractivity contribution < 1.29 is 9.29 Å². The van der Waals surface area contributed by atoms with E-state index in [-0.39, 0.29) is 0 Å². The predicted molar refractivity (Wildman–Crippen MR) is 30.2 cm³/mol. The van der Waals surface area contributed by atoms with E-state index in [1.807, 2.05) is 7.05 Å². The number of rotatable bonds is 2. The second-order valence-electron chi connectivity index (χ2n) is 2.78. The van der Waals surface area contributed by atoms with Crippen molar-refractivity contribution >= 4 is 0 Å². The molecular weight excluding hydrogens is 105 g/mol. The summed E-state index contributed by atoms with van der Waals surface area (Å²) in [6.07, 6.45) is 1.50. The van der Waals surface area contributed by atoms with Crippen molar-refractivity contribution in [2.45, 2.75) is 18.5 Å². The Balaban J connectivity index is 2.19. The summed E-state index contributed by atoms with van der Waals surface area (Å²) in [7, 11) is 5.52. The lowest BCUT2D eigenvalue weighted by Crippen LogP contribution is -3.04. The minimum absolute atomic E-state index is 0.576. The molecule has 0 aliphatic heterocycles. The summed E-state index contributed by atoms with van der Waals surface area (Å²) in [6.45, 7) is 0.576. The second-order valence-corrected chi connectivity index (χ2v) is 2.78. The zero-order valence-corrected chi connectivity index (χ0v) is 5.21. The molecule has 1 aliphatic carbocycles. The van der Waals surface area contributed by atoms with Crippen molar-refractivity contribution in [2.24, 2.45) is 0 Å². The van der Waals surface area contributed by atoms with Crippen molar-refractivity contribution in [3.05, 3.63) is 7.05 Å². The number of nitrogens with one attached hydrogen (secondary N) is 1. The lowest BCUT2D eigenvalue weighted by molar-refractivity contribution is -0.836. The summed E-state index contributed by atoms with van der Waals surface area (Å²) >= 11 is 0. The maximum Gasteiger partial charge on any atom is 0.157 e. The molecule has 0 saturated heterocycles. The number of alkyl halides is 1. The van der Waals surface area contributed by atoms with Crippen LogP contribution in [0.3, 0.4) is 0 Å². The molecule has 1 nitrogen and oxygen atoms in total. The fraction of sp³-hybridized carbons (Fsp3) is 0.833. The number of halogens is 1. The molecule has 0 spiro atoms. The molecule has 8 heavy (non-hydrogen) atoms.